The van der Waals surface area contributed by atoms with E-state index in [9.17, 15) is 10.1 Å². The molecular weight excluding hydrogens is 196 g/mol. The lowest BCUT2D eigenvalue weighted by molar-refractivity contribution is -0.382. The Labute approximate surface area is 84.7 Å². The van der Waals surface area contributed by atoms with E-state index in [-0.39, 0.29) is 17.2 Å². The topological polar surface area (TPSA) is 108 Å². The maximum absolute atomic E-state index is 10.8. The fraction of sp³-hybridized carbons (Fsp3) is 0. The summed E-state index contributed by atoms with van der Waals surface area (Å²) in [6, 6.07) is 4.61. The summed E-state index contributed by atoms with van der Waals surface area (Å²) < 4.78 is 0. The number of nitrogen functional groups attached to an aromatic ring is 2. The molecule has 2 aromatic rings. The van der Waals surface area contributed by atoms with E-state index < -0.39 is 4.92 Å². The molecule has 0 saturated carbocycles. The first-order chi connectivity index (χ1) is 7.11. The van der Waals surface area contributed by atoms with Crippen LogP contribution < -0.4 is 11.5 Å². The Morgan fingerprint density at radius 2 is 1.93 bits per heavy atom. The van der Waals surface area contributed by atoms with Crippen molar-refractivity contribution in [3.05, 3.63) is 34.5 Å². The highest BCUT2D eigenvalue weighted by Gasteiger charge is 2.17. The van der Waals surface area contributed by atoms with Crippen LogP contribution in [0.25, 0.3) is 10.8 Å². The smallest absolute Gasteiger partial charge is 0.300 e. The number of hydrogen-bond donors (Lipinski definition) is 2. The van der Waals surface area contributed by atoms with Gasteiger partial charge in [-0.15, -0.1) is 0 Å². The molecule has 0 atom stereocenters. The van der Waals surface area contributed by atoms with Gasteiger partial charge < -0.3 is 11.5 Å². The molecule has 4 N–H and O–H groups in total. The molecule has 2 rings (SSSR count). The van der Waals surface area contributed by atoms with Gasteiger partial charge in [0.1, 0.15) is 11.5 Å². The lowest BCUT2D eigenvalue weighted by Gasteiger charge is -2.03. The van der Waals surface area contributed by atoms with E-state index in [1.165, 1.54) is 18.3 Å². The second-order valence-electron chi connectivity index (χ2n) is 3.05. The van der Waals surface area contributed by atoms with Crippen molar-refractivity contribution in [3.63, 3.8) is 0 Å². The van der Waals surface area contributed by atoms with Crippen LogP contribution in [0.1, 0.15) is 0 Å². The average Bonchev–Trinajstić information content (AvgIpc) is 2.17. The zero-order valence-corrected chi connectivity index (χ0v) is 7.68. The van der Waals surface area contributed by atoms with Crippen molar-refractivity contribution in [1.29, 1.82) is 0 Å². The number of fused-ring (bicyclic) bond motifs is 1. The first-order valence-corrected chi connectivity index (χ1v) is 4.18. The first kappa shape index (κ1) is 9.20. The van der Waals surface area contributed by atoms with E-state index in [2.05, 4.69) is 4.98 Å². The molecule has 0 aliphatic rings. The van der Waals surface area contributed by atoms with Crippen LogP contribution in [0, 0.1) is 10.1 Å². The van der Waals surface area contributed by atoms with Gasteiger partial charge in [0, 0.05) is 11.6 Å². The Kier molecular flexibility index (Phi) is 1.89. The Hall–Kier alpha value is -2.37. The fourth-order valence-electron chi connectivity index (χ4n) is 1.48. The molecule has 1 heterocycles. The SMILES string of the molecule is Nc1ccc2c(N)nccc2c1[N+](=O)[O-]. The minimum atomic E-state index is -0.517. The number of nitro benzene ring substituents is 1. The second kappa shape index (κ2) is 3.09. The highest BCUT2D eigenvalue weighted by atomic mass is 16.6. The van der Waals surface area contributed by atoms with Crippen LogP contribution in [0.3, 0.4) is 0 Å². The number of benzene rings is 1. The molecular formula is C9H8N4O2. The van der Waals surface area contributed by atoms with Gasteiger partial charge >= 0.3 is 0 Å². The van der Waals surface area contributed by atoms with Crippen LogP contribution in [0.5, 0.6) is 0 Å². The number of anilines is 2. The number of aromatic nitrogens is 1. The summed E-state index contributed by atoms with van der Waals surface area (Å²) in [4.78, 5) is 14.1. The van der Waals surface area contributed by atoms with Crippen molar-refractivity contribution in [2.24, 2.45) is 0 Å². The van der Waals surface area contributed by atoms with Gasteiger partial charge in [0.25, 0.3) is 5.69 Å². The van der Waals surface area contributed by atoms with E-state index >= 15 is 0 Å². The van der Waals surface area contributed by atoms with Crippen LogP contribution in [0.4, 0.5) is 17.2 Å². The largest absolute Gasteiger partial charge is 0.393 e. The Morgan fingerprint density at radius 1 is 1.20 bits per heavy atom. The van der Waals surface area contributed by atoms with E-state index in [0.29, 0.717) is 10.8 Å². The second-order valence-corrected chi connectivity index (χ2v) is 3.05. The third-order valence-corrected chi connectivity index (χ3v) is 2.16. The monoisotopic (exact) mass is 204 g/mol. The summed E-state index contributed by atoms with van der Waals surface area (Å²) in [6.45, 7) is 0. The van der Waals surface area contributed by atoms with Gasteiger partial charge in [-0.1, -0.05) is 0 Å². The van der Waals surface area contributed by atoms with Gasteiger partial charge in [-0.3, -0.25) is 10.1 Å². The van der Waals surface area contributed by atoms with Crippen molar-refractivity contribution in [1.82, 2.24) is 4.98 Å². The van der Waals surface area contributed by atoms with Gasteiger partial charge in [0.2, 0.25) is 0 Å². The molecule has 6 heteroatoms. The molecule has 0 unspecified atom stereocenters. The molecule has 1 aromatic carbocycles. The van der Waals surface area contributed by atoms with Crippen molar-refractivity contribution >= 4 is 28.0 Å². The van der Waals surface area contributed by atoms with E-state index in [4.69, 9.17) is 11.5 Å². The number of nitro groups is 1. The molecule has 0 amide bonds. The van der Waals surface area contributed by atoms with Crippen LogP contribution in [-0.2, 0) is 0 Å². The molecule has 6 nitrogen and oxygen atoms in total. The maximum Gasteiger partial charge on any atom is 0.300 e. The normalized spacial score (nSPS) is 10.4. The molecule has 0 spiro atoms. The number of pyridine rings is 1. The van der Waals surface area contributed by atoms with Gasteiger partial charge in [0.15, 0.2) is 0 Å². The lowest BCUT2D eigenvalue weighted by atomic mass is 10.1. The summed E-state index contributed by atoms with van der Waals surface area (Å²) in [6.07, 6.45) is 1.42. The van der Waals surface area contributed by atoms with Crippen molar-refractivity contribution in [2.75, 3.05) is 11.5 Å². The maximum atomic E-state index is 10.8. The van der Waals surface area contributed by atoms with Gasteiger partial charge in [-0.05, 0) is 18.2 Å². The summed E-state index contributed by atoms with van der Waals surface area (Å²) in [7, 11) is 0. The Morgan fingerprint density at radius 3 is 2.60 bits per heavy atom. The van der Waals surface area contributed by atoms with Crippen LogP contribution in [0.15, 0.2) is 24.4 Å². The minimum absolute atomic E-state index is 0.123. The number of hydrogen-bond acceptors (Lipinski definition) is 5. The van der Waals surface area contributed by atoms with Crippen LogP contribution >= 0.6 is 0 Å². The van der Waals surface area contributed by atoms with Crippen molar-refractivity contribution in [3.8, 4) is 0 Å². The van der Waals surface area contributed by atoms with Gasteiger partial charge in [-0.2, -0.15) is 0 Å². The molecule has 0 aliphatic carbocycles. The molecule has 76 valence electrons. The zero-order valence-electron chi connectivity index (χ0n) is 7.68. The molecule has 0 bridgehead atoms. The fourth-order valence-corrected chi connectivity index (χ4v) is 1.48. The average molecular weight is 204 g/mol. The van der Waals surface area contributed by atoms with E-state index in [1.54, 1.807) is 6.07 Å². The standard InChI is InChI=1S/C9H8N4O2/c10-7-2-1-6-5(8(7)13(14)15)3-4-12-9(6)11/h1-4H,10H2,(H2,11,12). The molecule has 0 saturated heterocycles. The van der Waals surface area contributed by atoms with Crippen LogP contribution in [-0.4, -0.2) is 9.91 Å². The van der Waals surface area contributed by atoms with E-state index in [0.717, 1.165) is 0 Å². The quantitative estimate of drug-likeness (QED) is 0.413. The minimum Gasteiger partial charge on any atom is -0.393 e. The number of nitrogens with zero attached hydrogens (tertiary/aromatic N) is 2. The summed E-state index contributed by atoms with van der Waals surface area (Å²) in [5.41, 5.74) is 11.1. The third-order valence-electron chi connectivity index (χ3n) is 2.16. The lowest BCUT2D eigenvalue weighted by Crippen LogP contribution is -1.98. The number of nitrogens with two attached hydrogens (primary N) is 2. The molecule has 15 heavy (non-hydrogen) atoms. The van der Waals surface area contributed by atoms with E-state index in [1.807, 2.05) is 0 Å². The summed E-state index contributed by atoms with van der Waals surface area (Å²) in [5.74, 6) is 0.260. The van der Waals surface area contributed by atoms with Crippen LogP contribution in [0.2, 0.25) is 0 Å². The van der Waals surface area contributed by atoms with Crippen molar-refractivity contribution < 1.29 is 4.92 Å². The zero-order chi connectivity index (χ0) is 11.0. The molecule has 1 aromatic heterocycles. The molecule has 0 fully saturated rings. The van der Waals surface area contributed by atoms with Gasteiger partial charge in [0.05, 0.1) is 10.3 Å². The van der Waals surface area contributed by atoms with Crippen molar-refractivity contribution in [2.45, 2.75) is 0 Å². The predicted molar refractivity (Wildman–Crippen MR) is 57.2 cm³/mol. The predicted octanol–water partition coefficient (Wildman–Crippen LogP) is 1.31. The highest BCUT2D eigenvalue weighted by molar-refractivity contribution is 6.00. The number of rotatable bonds is 1. The highest BCUT2D eigenvalue weighted by Crippen LogP contribution is 2.32. The molecule has 0 aliphatic heterocycles. The first-order valence-electron chi connectivity index (χ1n) is 4.18. The van der Waals surface area contributed by atoms with Gasteiger partial charge in [-0.25, -0.2) is 4.98 Å². The summed E-state index contributed by atoms with van der Waals surface area (Å²) in [5, 5.41) is 11.8. The Bertz CT molecular complexity index is 553. The summed E-state index contributed by atoms with van der Waals surface area (Å²) >= 11 is 0. The third kappa shape index (κ3) is 1.32. The molecule has 0 radical (unpaired) electrons. The Balaban J connectivity index is 2.94.